The lowest BCUT2D eigenvalue weighted by Crippen LogP contribution is -1.57. The van der Waals surface area contributed by atoms with Gasteiger partial charge in [-0.3, -0.25) is 0 Å². The Bertz CT molecular complexity index is 188. The van der Waals surface area contributed by atoms with Crippen LogP contribution in [0.1, 0.15) is 0 Å². The molecule has 0 aromatic heterocycles. The first-order valence-corrected chi connectivity index (χ1v) is 33.0. The molecule has 17 heavy (non-hydrogen) atoms. The number of rotatable bonds is 7. The highest BCUT2D eigenvalue weighted by atomic mass is 33.3. The zero-order chi connectivity index (χ0) is 13.7. The minimum atomic E-state index is 0.0898. The molecule has 0 nitrogen and oxygen atoms in total. The van der Waals surface area contributed by atoms with Crippen LogP contribution < -0.4 is 0 Å². The maximum absolute atomic E-state index is 3.18. The van der Waals surface area contributed by atoms with E-state index in [1.807, 2.05) is 0 Å². The molecule has 0 heterocycles. The van der Waals surface area contributed by atoms with Gasteiger partial charge in [-0.25, -0.2) is 0 Å². The molecule has 0 bridgehead atoms. The fourth-order valence-electron chi connectivity index (χ4n) is 0.942. The highest BCUT2D eigenvalue weighted by Gasteiger charge is 2.34. The molecule has 0 saturated carbocycles. The van der Waals surface area contributed by atoms with Crippen LogP contribution in [-0.4, -0.2) is 6.66 Å². The van der Waals surface area contributed by atoms with E-state index in [0.717, 1.165) is 7.96 Å². The van der Waals surface area contributed by atoms with E-state index in [1.54, 1.807) is 0 Å². The van der Waals surface area contributed by atoms with Crippen molar-refractivity contribution in [3.05, 3.63) is 0 Å². The van der Waals surface area contributed by atoms with Crippen LogP contribution in [-0.2, 0) is 0 Å². The average Bonchev–Trinajstić information content (AvgIpc) is 2.15. The Labute approximate surface area is 134 Å². The van der Waals surface area contributed by atoms with Crippen molar-refractivity contribution in [3.63, 3.8) is 0 Å². The van der Waals surface area contributed by atoms with Gasteiger partial charge in [-0.05, 0) is 55.9 Å². The van der Waals surface area contributed by atoms with Crippen LogP contribution in [0.3, 0.4) is 0 Å². The SMILES string of the molecule is CP(P(P(P)P)P(P)P)P(P(P)P)P(P)PP. The Hall–Kier alpha value is 6.88. The molecule has 0 rings (SSSR count). The molecule has 0 aromatic rings. The Morgan fingerprint density at radius 1 is 0.706 bits per heavy atom. The van der Waals surface area contributed by atoms with Crippen molar-refractivity contribution in [1.29, 1.82) is 0 Å². The van der Waals surface area contributed by atoms with Crippen LogP contribution in [0, 0.1) is 0 Å². The van der Waals surface area contributed by atoms with Crippen molar-refractivity contribution in [2.24, 2.45) is 0 Å². The van der Waals surface area contributed by atoms with Gasteiger partial charge in [0.1, 0.15) is 0 Å². The van der Waals surface area contributed by atoms with Gasteiger partial charge in [-0.1, -0.05) is 7.96 Å². The first-order chi connectivity index (χ1) is 7.73. The van der Waals surface area contributed by atoms with Crippen LogP contribution in [0.25, 0.3) is 0 Å². The first kappa shape index (κ1) is 23.9. The molecule has 0 aliphatic rings. The molecule has 0 radical (unpaired) electrons. The summed E-state index contributed by atoms with van der Waals surface area (Å²) < 4.78 is 0. The fourth-order valence-corrected chi connectivity index (χ4v) is 163. The molecular weight excluding hydrogens is 508 g/mol. The van der Waals surface area contributed by atoms with Crippen molar-refractivity contribution < 1.29 is 0 Å². The summed E-state index contributed by atoms with van der Waals surface area (Å²) in [6.45, 7) is 3.50. The predicted molar refractivity (Wildman–Crippen MR) is 140 cm³/mol. The molecule has 0 spiro atoms. The molecule has 0 aliphatic carbocycles. The van der Waals surface area contributed by atoms with Gasteiger partial charge in [0.25, 0.3) is 0 Å². The van der Waals surface area contributed by atoms with Crippen molar-refractivity contribution in [3.8, 4) is 0 Å². The molecule has 0 fully saturated rings. The van der Waals surface area contributed by atoms with Gasteiger partial charge in [-0.15, -0.1) is 71.4 Å². The zero-order valence-corrected chi connectivity index (χ0v) is 25.7. The monoisotopic (exact) mass is 528 g/mol. The summed E-state index contributed by atoms with van der Waals surface area (Å²) in [5.41, 5.74) is 0. The zero-order valence-electron chi connectivity index (χ0n) is 9.25. The number of hydrogen-bond acceptors (Lipinski definition) is 0. The average molecular weight is 528 g/mol. The van der Waals surface area contributed by atoms with Crippen LogP contribution in [0.5, 0.6) is 0 Å². The van der Waals surface area contributed by atoms with E-state index in [2.05, 4.69) is 78.1 Å². The largest absolute Gasteiger partial charge is 0.109 e. The summed E-state index contributed by atoms with van der Waals surface area (Å²) in [7, 11) is 26.1. The molecule has 12 atom stereocenters. The quantitative estimate of drug-likeness (QED) is 0.289. The Morgan fingerprint density at radius 2 is 1.06 bits per heavy atom. The van der Waals surface area contributed by atoms with Gasteiger partial charge in [0.15, 0.2) is 0 Å². The lowest BCUT2D eigenvalue weighted by molar-refractivity contribution is 2.50. The van der Waals surface area contributed by atoms with E-state index in [0.29, 0.717) is 0 Å². The van der Waals surface area contributed by atoms with Crippen molar-refractivity contribution >= 4 is 129 Å². The maximum atomic E-state index is 3.18. The summed E-state index contributed by atoms with van der Waals surface area (Å²) in [5.74, 6) is 0. The van der Waals surface area contributed by atoms with Crippen LogP contribution in [0.4, 0.5) is 0 Å². The molecule has 16 heteroatoms. The Balaban J connectivity index is 4.97. The van der Waals surface area contributed by atoms with Crippen LogP contribution in [0.15, 0.2) is 0 Å². The van der Waals surface area contributed by atoms with E-state index in [-0.39, 0.29) is 49.2 Å². The lowest BCUT2D eigenvalue weighted by Gasteiger charge is -2.40. The molecule has 0 aromatic carbocycles. The Kier molecular flexibility index (Phi) is 18.4. The van der Waals surface area contributed by atoms with Gasteiger partial charge in [-0.2, -0.15) is 0 Å². The molecule has 0 saturated heterocycles. The first-order valence-electron chi connectivity index (χ1n) is 3.97. The molecule has 0 amide bonds. The lowest BCUT2D eigenvalue weighted by atomic mass is 12.0. The minimum absolute atomic E-state index is 0.0898. The van der Waals surface area contributed by atoms with Gasteiger partial charge < -0.3 is 0 Å². The van der Waals surface area contributed by atoms with Crippen molar-refractivity contribution in [2.75, 3.05) is 6.66 Å². The van der Waals surface area contributed by atoms with Crippen LogP contribution in [0.2, 0.25) is 0 Å². The number of hydrogen-bond donors (Lipinski definition) is 0. The second kappa shape index (κ2) is 13.1. The smallest absolute Gasteiger partial charge is 0.00983 e. The van der Waals surface area contributed by atoms with Gasteiger partial charge in [0, 0.05) is 0 Å². The van der Waals surface area contributed by atoms with Crippen LogP contribution >= 0.6 is 129 Å². The standard InChI is InChI=1S/CH20P16/c1-11(16(12(3)4)13(5)6)17(14(7)8)15(9)10-2/h10H,2-9H2,1H3. The molecule has 0 aliphatic heterocycles. The Morgan fingerprint density at radius 3 is 1.29 bits per heavy atom. The van der Waals surface area contributed by atoms with E-state index in [9.17, 15) is 0 Å². The third-order valence-electron chi connectivity index (χ3n) is 1.46. The molecule has 12 unspecified atom stereocenters. The van der Waals surface area contributed by atoms with Gasteiger partial charge in [0.2, 0.25) is 0 Å². The normalized spacial score (nSPS) is 18.9. The fraction of sp³-hybridized carbons (Fsp3) is 1.00. The van der Waals surface area contributed by atoms with E-state index >= 15 is 0 Å². The predicted octanol–water partition coefficient (Wildman–Crippen LogP) is 9.39. The van der Waals surface area contributed by atoms with Crippen molar-refractivity contribution in [1.82, 2.24) is 0 Å². The highest BCUT2D eigenvalue weighted by molar-refractivity contribution is 9.25. The highest BCUT2D eigenvalue weighted by Crippen LogP contribution is 3.21. The molecular formula is CH20P16. The second-order valence-corrected chi connectivity index (χ2v) is 64.1. The topological polar surface area (TPSA) is 0 Å². The molecule has 104 valence electrons. The second-order valence-electron chi connectivity index (χ2n) is 2.64. The van der Waals surface area contributed by atoms with Gasteiger partial charge in [0.05, 0.1) is 0 Å². The third-order valence-corrected chi connectivity index (χ3v) is 99.1. The van der Waals surface area contributed by atoms with E-state index in [4.69, 9.17) is 0 Å². The minimum Gasteiger partial charge on any atom is -0.109 e. The maximum Gasteiger partial charge on any atom is -0.00983 e. The summed E-state index contributed by atoms with van der Waals surface area (Å²) in [6, 6.07) is 0. The summed E-state index contributed by atoms with van der Waals surface area (Å²) in [4.78, 5) is 0. The van der Waals surface area contributed by atoms with Gasteiger partial charge >= 0.3 is 0 Å². The van der Waals surface area contributed by atoms with E-state index < -0.39 is 0 Å². The summed E-state index contributed by atoms with van der Waals surface area (Å²) >= 11 is 0. The molecule has 0 N–H and O–H groups in total. The third kappa shape index (κ3) is 9.23. The van der Waals surface area contributed by atoms with Crippen molar-refractivity contribution in [2.45, 2.75) is 0 Å². The summed E-state index contributed by atoms with van der Waals surface area (Å²) in [5, 5.41) is 0. The van der Waals surface area contributed by atoms with E-state index in [1.165, 1.54) is 0 Å². The summed E-state index contributed by atoms with van der Waals surface area (Å²) in [6.07, 6.45) is 0.